The molecule has 0 aromatic heterocycles. The van der Waals surface area contributed by atoms with Gasteiger partial charge in [0.15, 0.2) is 0 Å². The molecule has 0 radical (unpaired) electrons. The predicted molar refractivity (Wildman–Crippen MR) is 179 cm³/mol. The number of amides is 2. The van der Waals surface area contributed by atoms with E-state index in [9.17, 15) is 18.0 Å². The molecule has 2 amide bonds. The molecule has 0 spiro atoms. The lowest BCUT2D eigenvalue weighted by Gasteiger charge is -2.34. The van der Waals surface area contributed by atoms with Crippen LogP contribution < -0.4 is 9.62 Å². The maximum atomic E-state index is 14.4. The molecular formula is C33H32BrCl2N3O4S. The van der Waals surface area contributed by atoms with E-state index in [4.69, 9.17) is 23.2 Å². The summed E-state index contributed by atoms with van der Waals surface area (Å²) in [6.45, 7) is 3.15. The van der Waals surface area contributed by atoms with Gasteiger partial charge in [-0.05, 0) is 67.4 Å². The second kappa shape index (κ2) is 15.1. The minimum atomic E-state index is -4.24. The van der Waals surface area contributed by atoms with E-state index in [2.05, 4.69) is 21.2 Å². The number of hydrogen-bond donors (Lipinski definition) is 1. The van der Waals surface area contributed by atoms with Crippen LogP contribution in [0.15, 0.2) is 112 Å². The topological polar surface area (TPSA) is 86.8 Å². The third-order valence-electron chi connectivity index (χ3n) is 6.75. The molecule has 0 saturated heterocycles. The van der Waals surface area contributed by atoms with Crippen molar-refractivity contribution >= 4 is 66.7 Å². The van der Waals surface area contributed by atoms with Crippen LogP contribution in [-0.2, 0) is 32.6 Å². The Balaban J connectivity index is 1.82. The molecule has 0 aliphatic carbocycles. The van der Waals surface area contributed by atoms with Gasteiger partial charge in [-0.3, -0.25) is 13.9 Å². The molecule has 0 aliphatic rings. The van der Waals surface area contributed by atoms with Crippen molar-refractivity contribution < 1.29 is 18.0 Å². The van der Waals surface area contributed by atoms with Gasteiger partial charge in [-0.15, -0.1) is 0 Å². The zero-order valence-electron chi connectivity index (χ0n) is 24.2. The zero-order valence-corrected chi connectivity index (χ0v) is 28.1. The molecule has 4 aromatic carbocycles. The van der Waals surface area contributed by atoms with Gasteiger partial charge < -0.3 is 10.2 Å². The average Bonchev–Trinajstić information content (AvgIpc) is 2.99. The lowest BCUT2D eigenvalue weighted by Crippen LogP contribution is -2.54. The fourth-order valence-electron chi connectivity index (χ4n) is 4.66. The summed E-state index contributed by atoms with van der Waals surface area (Å²) < 4.78 is 29.9. The molecule has 0 aliphatic heterocycles. The molecule has 11 heteroatoms. The van der Waals surface area contributed by atoms with E-state index in [1.807, 2.05) is 68.4 Å². The summed E-state index contributed by atoms with van der Waals surface area (Å²) in [5, 5.41) is 3.32. The van der Waals surface area contributed by atoms with Crippen LogP contribution in [0.25, 0.3) is 0 Å². The molecule has 0 fully saturated rings. The Hall–Kier alpha value is -3.37. The highest BCUT2D eigenvalue weighted by Crippen LogP contribution is 2.31. The summed E-state index contributed by atoms with van der Waals surface area (Å²) in [5.74, 6) is -0.922. The molecule has 7 nitrogen and oxygen atoms in total. The van der Waals surface area contributed by atoms with E-state index in [1.165, 1.54) is 35.2 Å². The first-order chi connectivity index (χ1) is 21.0. The minimum Gasteiger partial charge on any atom is -0.352 e. The van der Waals surface area contributed by atoms with Crippen LogP contribution in [-0.4, -0.2) is 43.8 Å². The molecule has 0 unspecified atom stereocenters. The van der Waals surface area contributed by atoms with Crippen LogP contribution in [0.5, 0.6) is 0 Å². The van der Waals surface area contributed by atoms with Crippen LogP contribution in [0.3, 0.4) is 0 Å². The molecule has 0 heterocycles. The average molecular weight is 718 g/mol. The lowest BCUT2D eigenvalue weighted by molar-refractivity contribution is -0.140. The van der Waals surface area contributed by atoms with Gasteiger partial charge in [-0.1, -0.05) is 99.8 Å². The van der Waals surface area contributed by atoms with Crippen molar-refractivity contribution in [3.05, 3.63) is 129 Å². The van der Waals surface area contributed by atoms with Gasteiger partial charge in [0, 0.05) is 23.5 Å². The van der Waals surface area contributed by atoms with Crippen LogP contribution >= 0.6 is 39.1 Å². The van der Waals surface area contributed by atoms with E-state index in [1.54, 1.807) is 18.2 Å². The molecular weight excluding hydrogens is 685 g/mol. The summed E-state index contributed by atoms with van der Waals surface area (Å²) in [6.07, 6.45) is 0.220. The number of carbonyl (C=O) groups is 2. The molecule has 0 bridgehead atoms. The highest BCUT2D eigenvalue weighted by atomic mass is 79.9. The number of benzene rings is 4. The molecule has 4 rings (SSSR count). The standard InChI is InChI=1S/C33H32BrCl2N3O4S/c1-23(2)37-33(41)31(19-24-10-5-3-6-11-24)38(21-25-12-9-13-26(34)18-25)32(40)22-39(27-16-17-29(35)30(36)20-27)44(42,43)28-14-7-4-8-15-28/h3-18,20,23,31H,19,21-22H2,1-2H3,(H,37,41)/t31-/m1/s1. The van der Waals surface area contributed by atoms with E-state index in [-0.39, 0.29) is 45.5 Å². The van der Waals surface area contributed by atoms with Crippen molar-refractivity contribution in [2.75, 3.05) is 10.8 Å². The zero-order chi connectivity index (χ0) is 31.9. The summed E-state index contributed by atoms with van der Waals surface area (Å²) >= 11 is 15.9. The Kier molecular flexibility index (Phi) is 11.5. The van der Waals surface area contributed by atoms with Crippen LogP contribution in [0, 0.1) is 0 Å². The predicted octanol–water partition coefficient (Wildman–Crippen LogP) is 7.12. The maximum absolute atomic E-state index is 14.4. The van der Waals surface area contributed by atoms with Crippen molar-refractivity contribution in [1.82, 2.24) is 10.2 Å². The molecule has 44 heavy (non-hydrogen) atoms. The Labute approximate surface area is 277 Å². The first-order valence-electron chi connectivity index (χ1n) is 13.9. The maximum Gasteiger partial charge on any atom is 0.264 e. The van der Waals surface area contributed by atoms with Gasteiger partial charge >= 0.3 is 0 Å². The number of carbonyl (C=O) groups excluding carboxylic acids is 2. The van der Waals surface area contributed by atoms with Crippen LogP contribution in [0.2, 0.25) is 10.0 Å². The van der Waals surface area contributed by atoms with Gasteiger partial charge in [0.25, 0.3) is 10.0 Å². The summed E-state index contributed by atoms with van der Waals surface area (Å²) in [6, 6.07) is 27.9. The molecule has 4 aromatic rings. The SMILES string of the molecule is CC(C)NC(=O)[C@@H](Cc1ccccc1)N(Cc1cccc(Br)c1)C(=O)CN(c1ccc(Cl)c(Cl)c1)S(=O)(=O)c1ccccc1. The Bertz CT molecular complexity index is 1710. The molecule has 230 valence electrons. The smallest absolute Gasteiger partial charge is 0.264 e. The van der Waals surface area contributed by atoms with Gasteiger partial charge in [0.1, 0.15) is 12.6 Å². The minimum absolute atomic E-state index is 0.00389. The van der Waals surface area contributed by atoms with Gasteiger partial charge in [0.2, 0.25) is 11.8 Å². The van der Waals surface area contributed by atoms with E-state index < -0.39 is 28.5 Å². The largest absolute Gasteiger partial charge is 0.352 e. The Morgan fingerprint density at radius 3 is 2.07 bits per heavy atom. The first-order valence-corrected chi connectivity index (χ1v) is 16.9. The van der Waals surface area contributed by atoms with Crippen molar-refractivity contribution in [3.8, 4) is 0 Å². The fourth-order valence-corrected chi connectivity index (χ4v) is 6.82. The number of nitrogens with zero attached hydrogens (tertiary/aromatic N) is 2. The number of nitrogens with one attached hydrogen (secondary N) is 1. The third kappa shape index (κ3) is 8.63. The van der Waals surface area contributed by atoms with Crippen LogP contribution in [0.4, 0.5) is 5.69 Å². The molecule has 0 saturated carbocycles. The van der Waals surface area contributed by atoms with Gasteiger partial charge in [0.05, 0.1) is 20.6 Å². The fraction of sp³-hybridized carbons (Fsp3) is 0.212. The highest BCUT2D eigenvalue weighted by Gasteiger charge is 2.35. The quantitative estimate of drug-likeness (QED) is 0.169. The monoisotopic (exact) mass is 715 g/mol. The van der Waals surface area contributed by atoms with E-state index >= 15 is 0 Å². The summed E-state index contributed by atoms with van der Waals surface area (Å²) in [7, 11) is -4.24. The lowest BCUT2D eigenvalue weighted by atomic mass is 10.0. The van der Waals surface area contributed by atoms with Crippen LogP contribution in [0.1, 0.15) is 25.0 Å². The van der Waals surface area contributed by atoms with Gasteiger partial charge in [-0.25, -0.2) is 8.42 Å². The third-order valence-corrected chi connectivity index (χ3v) is 9.77. The summed E-state index contributed by atoms with van der Waals surface area (Å²) in [4.78, 5) is 29.6. The van der Waals surface area contributed by atoms with E-state index in [0.29, 0.717) is 0 Å². The second-order valence-electron chi connectivity index (χ2n) is 10.4. The van der Waals surface area contributed by atoms with E-state index in [0.717, 1.165) is 19.9 Å². The molecule has 1 atom stereocenters. The number of hydrogen-bond acceptors (Lipinski definition) is 4. The van der Waals surface area contributed by atoms with Crippen molar-refractivity contribution in [2.24, 2.45) is 0 Å². The Morgan fingerprint density at radius 2 is 1.45 bits per heavy atom. The molecule has 1 N–H and O–H groups in total. The number of sulfonamides is 1. The number of halogens is 3. The number of rotatable bonds is 12. The van der Waals surface area contributed by atoms with Crippen molar-refractivity contribution in [2.45, 2.75) is 43.8 Å². The number of anilines is 1. The summed E-state index contributed by atoms with van der Waals surface area (Å²) in [5.41, 5.74) is 1.77. The van der Waals surface area contributed by atoms with Gasteiger partial charge in [-0.2, -0.15) is 0 Å². The Morgan fingerprint density at radius 1 is 0.818 bits per heavy atom. The first kappa shape index (κ1) is 33.5. The normalized spacial score (nSPS) is 12.0. The van der Waals surface area contributed by atoms with Crippen molar-refractivity contribution in [3.63, 3.8) is 0 Å². The highest BCUT2D eigenvalue weighted by molar-refractivity contribution is 9.10. The van der Waals surface area contributed by atoms with Crippen molar-refractivity contribution in [1.29, 1.82) is 0 Å². The second-order valence-corrected chi connectivity index (χ2v) is 14.0.